The van der Waals surface area contributed by atoms with Crippen molar-refractivity contribution >= 4 is 46.0 Å². The summed E-state index contributed by atoms with van der Waals surface area (Å²) in [7, 11) is 0. The van der Waals surface area contributed by atoms with Crippen molar-refractivity contribution in [3.63, 3.8) is 0 Å². The van der Waals surface area contributed by atoms with Gasteiger partial charge >= 0.3 is 12.0 Å². The van der Waals surface area contributed by atoms with Gasteiger partial charge in [0, 0.05) is 20.5 Å². The van der Waals surface area contributed by atoms with Gasteiger partial charge in [0.15, 0.2) is 0 Å². The fourth-order valence-corrected chi connectivity index (χ4v) is 2.40. The third-order valence-electron chi connectivity index (χ3n) is 3.04. The van der Waals surface area contributed by atoms with E-state index in [1.54, 1.807) is 18.2 Å². The minimum absolute atomic E-state index is 0.252. The number of carbonyl (C=O) groups excluding carboxylic acids is 2. The quantitative estimate of drug-likeness (QED) is 0.604. The Balaban J connectivity index is 1.68. The molecular formula is C15H11IN2O3. The second-order valence-electron chi connectivity index (χ2n) is 4.53. The number of anilines is 2. The minimum atomic E-state index is -0.332. The maximum absolute atomic E-state index is 11.9. The average Bonchev–Trinajstić information content (AvgIpc) is 2.82. The summed E-state index contributed by atoms with van der Waals surface area (Å²) in [6, 6.07) is 12.2. The second kappa shape index (κ2) is 5.72. The molecule has 0 spiro atoms. The lowest BCUT2D eigenvalue weighted by atomic mass is 10.1. The standard InChI is InChI=1S/C15H11IN2O3/c16-10-1-3-11(4-2-10)17-15(20)18-12-5-6-13-9(7-12)8-21-14(13)19/h1-7H,8H2,(H2,17,18,20). The summed E-state index contributed by atoms with van der Waals surface area (Å²) in [4.78, 5) is 23.3. The zero-order chi connectivity index (χ0) is 14.8. The number of cyclic esters (lactones) is 1. The van der Waals surface area contributed by atoms with Crippen LogP contribution in [-0.2, 0) is 11.3 Å². The monoisotopic (exact) mass is 394 g/mol. The summed E-state index contributed by atoms with van der Waals surface area (Å²) in [6.45, 7) is 0.252. The van der Waals surface area contributed by atoms with Crippen molar-refractivity contribution < 1.29 is 14.3 Å². The van der Waals surface area contributed by atoms with Crippen LogP contribution in [0.5, 0.6) is 0 Å². The highest BCUT2D eigenvalue weighted by Crippen LogP contribution is 2.23. The lowest BCUT2D eigenvalue weighted by Crippen LogP contribution is -2.19. The Morgan fingerprint density at radius 2 is 1.71 bits per heavy atom. The second-order valence-corrected chi connectivity index (χ2v) is 5.78. The molecule has 2 aromatic rings. The van der Waals surface area contributed by atoms with E-state index in [1.807, 2.05) is 24.3 Å². The summed E-state index contributed by atoms with van der Waals surface area (Å²) < 4.78 is 6.02. The number of hydrogen-bond donors (Lipinski definition) is 2. The predicted molar refractivity (Wildman–Crippen MR) is 87.4 cm³/mol. The van der Waals surface area contributed by atoms with Crippen LogP contribution in [0.25, 0.3) is 0 Å². The van der Waals surface area contributed by atoms with Crippen LogP contribution >= 0.6 is 22.6 Å². The van der Waals surface area contributed by atoms with Crippen LogP contribution in [0.2, 0.25) is 0 Å². The number of hydrogen-bond acceptors (Lipinski definition) is 3. The molecule has 0 radical (unpaired) electrons. The maximum atomic E-state index is 11.9. The molecule has 21 heavy (non-hydrogen) atoms. The zero-order valence-corrected chi connectivity index (χ0v) is 13.0. The molecule has 0 saturated heterocycles. The molecule has 1 aliphatic rings. The average molecular weight is 394 g/mol. The van der Waals surface area contributed by atoms with Crippen LogP contribution in [0.3, 0.4) is 0 Å². The number of benzene rings is 2. The molecule has 0 atom stereocenters. The molecule has 106 valence electrons. The normalized spacial score (nSPS) is 12.5. The molecule has 0 unspecified atom stereocenters. The Labute approximate surface area is 134 Å². The Morgan fingerprint density at radius 3 is 2.48 bits per heavy atom. The van der Waals surface area contributed by atoms with E-state index in [1.165, 1.54) is 0 Å². The van der Waals surface area contributed by atoms with Gasteiger partial charge in [-0.25, -0.2) is 9.59 Å². The molecule has 2 N–H and O–H groups in total. The van der Waals surface area contributed by atoms with E-state index >= 15 is 0 Å². The van der Waals surface area contributed by atoms with Crippen molar-refractivity contribution in [2.24, 2.45) is 0 Å². The third-order valence-corrected chi connectivity index (χ3v) is 3.76. The minimum Gasteiger partial charge on any atom is -0.457 e. The molecule has 2 amide bonds. The largest absolute Gasteiger partial charge is 0.457 e. The van der Waals surface area contributed by atoms with Gasteiger partial charge in [0.2, 0.25) is 0 Å². The first-order chi connectivity index (χ1) is 10.1. The van der Waals surface area contributed by atoms with E-state index in [0.29, 0.717) is 16.9 Å². The summed E-state index contributed by atoms with van der Waals surface area (Å²) in [5.74, 6) is -0.320. The molecule has 0 fully saturated rings. The van der Waals surface area contributed by atoms with Crippen molar-refractivity contribution in [2.75, 3.05) is 10.6 Å². The smallest absolute Gasteiger partial charge is 0.338 e. The number of ether oxygens (including phenoxy) is 1. The summed E-state index contributed by atoms with van der Waals surface area (Å²) in [5, 5.41) is 5.47. The zero-order valence-electron chi connectivity index (χ0n) is 10.9. The first-order valence-corrected chi connectivity index (χ1v) is 7.33. The number of rotatable bonds is 2. The Kier molecular flexibility index (Phi) is 3.78. The highest BCUT2D eigenvalue weighted by atomic mass is 127. The summed E-state index contributed by atoms with van der Waals surface area (Å²) in [5.41, 5.74) is 2.67. The van der Waals surface area contributed by atoms with Gasteiger partial charge in [0.05, 0.1) is 5.56 Å². The fraction of sp³-hybridized carbons (Fsp3) is 0.0667. The first kappa shape index (κ1) is 13.9. The molecule has 3 rings (SSSR count). The predicted octanol–water partition coefficient (Wildman–Crippen LogP) is 3.61. The molecule has 5 nitrogen and oxygen atoms in total. The molecule has 0 saturated carbocycles. The van der Waals surface area contributed by atoms with E-state index in [2.05, 4.69) is 33.2 Å². The fourth-order valence-electron chi connectivity index (χ4n) is 2.04. The van der Waals surface area contributed by atoms with Crippen molar-refractivity contribution in [1.29, 1.82) is 0 Å². The summed E-state index contributed by atoms with van der Waals surface area (Å²) in [6.07, 6.45) is 0. The van der Waals surface area contributed by atoms with Gasteiger partial charge in [0.1, 0.15) is 6.61 Å². The SMILES string of the molecule is O=C(Nc1ccc(I)cc1)Nc1ccc2c(c1)COC2=O. The molecule has 1 heterocycles. The van der Waals surface area contributed by atoms with Crippen molar-refractivity contribution in [1.82, 2.24) is 0 Å². The van der Waals surface area contributed by atoms with Crippen molar-refractivity contribution in [3.05, 3.63) is 57.2 Å². The number of nitrogens with one attached hydrogen (secondary N) is 2. The number of esters is 1. The van der Waals surface area contributed by atoms with Gasteiger partial charge < -0.3 is 15.4 Å². The summed E-state index contributed by atoms with van der Waals surface area (Å²) >= 11 is 2.20. The lowest BCUT2D eigenvalue weighted by Gasteiger charge is -2.08. The van der Waals surface area contributed by atoms with Gasteiger partial charge in [-0.1, -0.05) is 0 Å². The Hall–Kier alpha value is -2.09. The number of urea groups is 1. The van der Waals surface area contributed by atoms with Crippen LogP contribution in [0.15, 0.2) is 42.5 Å². The number of halogens is 1. The van der Waals surface area contributed by atoms with Crippen molar-refractivity contribution in [2.45, 2.75) is 6.61 Å². The van der Waals surface area contributed by atoms with E-state index < -0.39 is 0 Å². The van der Waals surface area contributed by atoms with Crippen LogP contribution in [0.1, 0.15) is 15.9 Å². The van der Waals surface area contributed by atoms with Gasteiger partial charge in [-0.3, -0.25) is 0 Å². The van der Waals surface area contributed by atoms with Crippen LogP contribution in [0, 0.1) is 3.57 Å². The number of carbonyl (C=O) groups is 2. The molecule has 0 aromatic heterocycles. The topological polar surface area (TPSA) is 67.4 Å². The van der Waals surface area contributed by atoms with Crippen LogP contribution in [0.4, 0.5) is 16.2 Å². The molecule has 1 aliphatic heterocycles. The number of fused-ring (bicyclic) bond motifs is 1. The van der Waals surface area contributed by atoms with Gasteiger partial charge in [-0.05, 0) is 65.1 Å². The maximum Gasteiger partial charge on any atom is 0.338 e. The highest BCUT2D eigenvalue weighted by Gasteiger charge is 2.21. The number of amides is 2. The Morgan fingerprint density at radius 1 is 1.05 bits per heavy atom. The van der Waals surface area contributed by atoms with Gasteiger partial charge in [0.25, 0.3) is 0 Å². The Bertz CT molecular complexity index is 713. The van der Waals surface area contributed by atoms with E-state index in [4.69, 9.17) is 4.74 Å². The van der Waals surface area contributed by atoms with Gasteiger partial charge in [-0.2, -0.15) is 0 Å². The van der Waals surface area contributed by atoms with E-state index in [0.717, 1.165) is 9.13 Å². The molecule has 0 aliphatic carbocycles. The van der Waals surface area contributed by atoms with Gasteiger partial charge in [-0.15, -0.1) is 0 Å². The third kappa shape index (κ3) is 3.15. The molecule has 0 bridgehead atoms. The molecular weight excluding hydrogens is 383 g/mol. The van der Waals surface area contributed by atoms with Crippen molar-refractivity contribution in [3.8, 4) is 0 Å². The molecule has 6 heteroatoms. The first-order valence-electron chi connectivity index (χ1n) is 6.25. The lowest BCUT2D eigenvalue weighted by molar-refractivity contribution is 0.0535. The highest BCUT2D eigenvalue weighted by molar-refractivity contribution is 14.1. The van der Waals surface area contributed by atoms with Crippen LogP contribution < -0.4 is 10.6 Å². The molecule has 2 aromatic carbocycles. The van der Waals surface area contributed by atoms with E-state index in [9.17, 15) is 9.59 Å². The van der Waals surface area contributed by atoms with Crippen LogP contribution in [-0.4, -0.2) is 12.0 Å². The van der Waals surface area contributed by atoms with E-state index in [-0.39, 0.29) is 18.6 Å².